The molecule has 3 rings (SSSR count). The first kappa shape index (κ1) is 17.0. The Balaban J connectivity index is 1.77. The van der Waals surface area contributed by atoms with Gasteiger partial charge in [0, 0.05) is 6.54 Å². The van der Waals surface area contributed by atoms with Gasteiger partial charge in [-0.1, -0.05) is 23.8 Å². The van der Waals surface area contributed by atoms with Gasteiger partial charge < -0.3 is 4.74 Å². The summed E-state index contributed by atoms with van der Waals surface area (Å²) in [4.78, 5) is 0.315. The fraction of sp³-hybridized carbons (Fsp3) is 0.368. The fourth-order valence-electron chi connectivity index (χ4n) is 3.23. The van der Waals surface area contributed by atoms with Crippen molar-refractivity contribution < 1.29 is 13.2 Å². The van der Waals surface area contributed by atoms with Crippen LogP contribution in [0.3, 0.4) is 0 Å². The molecule has 4 nitrogen and oxygen atoms in total. The summed E-state index contributed by atoms with van der Waals surface area (Å²) in [6.07, 6.45) is 3.10. The summed E-state index contributed by atoms with van der Waals surface area (Å²) in [6.45, 7) is 2.35. The predicted octanol–water partition coefficient (Wildman–Crippen LogP) is 3.40. The van der Waals surface area contributed by atoms with E-state index in [9.17, 15) is 8.42 Å². The Labute approximate surface area is 143 Å². The van der Waals surface area contributed by atoms with Crippen LogP contribution in [0.4, 0.5) is 0 Å². The summed E-state index contributed by atoms with van der Waals surface area (Å²) >= 11 is 0. The third kappa shape index (κ3) is 3.62. The first-order chi connectivity index (χ1) is 11.5. The zero-order valence-corrected chi connectivity index (χ0v) is 14.9. The van der Waals surface area contributed by atoms with E-state index in [2.05, 4.69) is 10.8 Å². The number of rotatable bonds is 5. The fourth-order valence-corrected chi connectivity index (χ4v) is 4.31. The Bertz CT molecular complexity index is 813. The molecule has 5 heteroatoms. The van der Waals surface area contributed by atoms with Crippen LogP contribution in [-0.4, -0.2) is 22.1 Å². The lowest BCUT2D eigenvalue weighted by molar-refractivity contribution is 0.412. The number of aryl methyl sites for hydroxylation is 2. The molecule has 0 amide bonds. The van der Waals surface area contributed by atoms with E-state index < -0.39 is 10.0 Å². The van der Waals surface area contributed by atoms with Crippen LogP contribution in [0.25, 0.3) is 0 Å². The van der Waals surface area contributed by atoms with Gasteiger partial charge in [-0.05, 0) is 67.5 Å². The molecule has 1 aliphatic carbocycles. The SMILES string of the molecule is COc1ccc2c(c1)C(CNS(=O)(=O)c1ccc(C)cc1)CCC2. The van der Waals surface area contributed by atoms with E-state index in [4.69, 9.17) is 4.74 Å². The topological polar surface area (TPSA) is 55.4 Å². The number of benzene rings is 2. The number of hydrogen-bond donors (Lipinski definition) is 1. The van der Waals surface area contributed by atoms with Crippen LogP contribution in [0.2, 0.25) is 0 Å². The van der Waals surface area contributed by atoms with Crippen LogP contribution in [0.5, 0.6) is 5.75 Å². The Morgan fingerprint density at radius 3 is 2.62 bits per heavy atom. The van der Waals surface area contributed by atoms with Gasteiger partial charge in [0.15, 0.2) is 0 Å². The van der Waals surface area contributed by atoms with Crippen LogP contribution < -0.4 is 9.46 Å². The van der Waals surface area contributed by atoms with E-state index >= 15 is 0 Å². The van der Waals surface area contributed by atoms with E-state index in [0.717, 1.165) is 30.6 Å². The number of fused-ring (bicyclic) bond motifs is 1. The van der Waals surface area contributed by atoms with Gasteiger partial charge in [-0.2, -0.15) is 0 Å². The second-order valence-corrected chi connectivity index (χ2v) is 8.09. The summed E-state index contributed by atoms with van der Waals surface area (Å²) in [6, 6.07) is 13.0. The molecular weight excluding hydrogens is 322 g/mol. The first-order valence-corrected chi connectivity index (χ1v) is 9.71. The molecule has 1 atom stereocenters. The maximum atomic E-state index is 12.5. The van der Waals surface area contributed by atoms with E-state index in [1.807, 2.05) is 31.2 Å². The van der Waals surface area contributed by atoms with Gasteiger partial charge >= 0.3 is 0 Å². The molecule has 0 bridgehead atoms. The zero-order chi connectivity index (χ0) is 17.2. The van der Waals surface area contributed by atoms with E-state index in [1.54, 1.807) is 19.2 Å². The second-order valence-electron chi connectivity index (χ2n) is 6.32. The average molecular weight is 345 g/mol. The van der Waals surface area contributed by atoms with Gasteiger partial charge in [0.2, 0.25) is 10.0 Å². The maximum Gasteiger partial charge on any atom is 0.240 e. The van der Waals surface area contributed by atoms with Crippen molar-refractivity contribution in [2.45, 2.75) is 37.0 Å². The van der Waals surface area contributed by atoms with Gasteiger partial charge in [-0.3, -0.25) is 0 Å². The summed E-state index contributed by atoms with van der Waals surface area (Å²) < 4.78 is 33.1. The monoisotopic (exact) mass is 345 g/mol. The summed E-state index contributed by atoms with van der Waals surface area (Å²) in [5.41, 5.74) is 3.54. The number of sulfonamides is 1. The molecule has 0 heterocycles. The molecule has 0 aromatic heterocycles. The highest BCUT2D eigenvalue weighted by atomic mass is 32.2. The largest absolute Gasteiger partial charge is 0.497 e. The van der Waals surface area contributed by atoms with Gasteiger partial charge in [0.05, 0.1) is 12.0 Å². The summed E-state index contributed by atoms with van der Waals surface area (Å²) in [5.74, 6) is 1.01. The van der Waals surface area contributed by atoms with E-state index in [-0.39, 0.29) is 5.92 Å². The minimum atomic E-state index is -3.48. The lowest BCUT2D eigenvalue weighted by atomic mass is 9.83. The lowest BCUT2D eigenvalue weighted by Crippen LogP contribution is -2.30. The van der Waals surface area contributed by atoms with Gasteiger partial charge in [-0.15, -0.1) is 0 Å². The van der Waals surface area contributed by atoms with Crippen molar-refractivity contribution in [3.63, 3.8) is 0 Å². The van der Waals surface area contributed by atoms with Crippen molar-refractivity contribution >= 4 is 10.0 Å². The van der Waals surface area contributed by atoms with Crippen LogP contribution in [0.1, 0.15) is 35.4 Å². The molecule has 2 aromatic rings. The van der Waals surface area contributed by atoms with Crippen LogP contribution >= 0.6 is 0 Å². The maximum absolute atomic E-state index is 12.5. The smallest absolute Gasteiger partial charge is 0.240 e. The molecule has 0 saturated carbocycles. The predicted molar refractivity (Wildman–Crippen MR) is 95.0 cm³/mol. The van der Waals surface area contributed by atoms with Crippen LogP contribution in [-0.2, 0) is 16.4 Å². The second kappa shape index (κ2) is 6.95. The Morgan fingerprint density at radius 2 is 1.92 bits per heavy atom. The normalized spacial score (nSPS) is 17.3. The Hall–Kier alpha value is -1.85. The molecule has 0 spiro atoms. The van der Waals surface area contributed by atoms with Crippen LogP contribution in [0.15, 0.2) is 47.4 Å². The molecule has 0 aliphatic heterocycles. The Morgan fingerprint density at radius 1 is 1.17 bits per heavy atom. The summed E-state index contributed by atoms with van der Waals surface area (Å²) in [5, 5.41) is 0. The van der Waals surface area contributed by atoms with Gasteiger partial charge in [-0.25, -0.2) is 13.1 Å². The van der Waals surface area contributed by atoms with Crippen molar-refractivity contribution in [2.75, 3.05) is 13.7 Å². The molecule has 24 heavy (non-hydrogen) atoms. The van der Waals surface area contributed by atoms with Crippen molar-refractivity contribution in [3.05, 3.63) is 59.2 Å². The lowest BCUT2D eigenvalue weighted by Gasteiger charge is -2.26. The quantitative estimate of drug-likeness (QED) is 0.903. The third-order valence-electron chi connectivity index (χ3n) is 4.64. The van der Waals surface area contributed by atoms with E-state index in [1.165, 1.54) is 11.1 Å². The number of nitrogens with one attached hydrogen (secondary N) is 1. The molecule has 0 fully saturated rings. The standard InChI is InChI=1S/C19H23NO3S/c1-14-6-10-18(11-7-14)24(21,22)20-13-16-5-3-4-15-8-9-17(23-2)12-19(15)16/h6-12,16,20H,3-5,13H2,1-2H3. The van der Waals surface area contributed by atoms with Crippen LogP contribution in [0, 0.1) is 6.92 Å². The molecule has 0 saturated heterocycles. The molecule has 1 aliphatic rings. The summed E-state index contributed by atoms with van der Waals surface area (Å²) in [7, 11) is -1.82. The highest BCUT2D eigenvalue weighted by molar-refractivity contribution is 7.89. The molecule has 1 N–H and O–H groups in total. The van der Waals surface area contributed by atoms with Crippen molar-refractivity contribution in [3.8, 4) is 5.75 Å². The number of ether oxygens (including phenoxy) is 1. The Kier molecular flexibility index (Phi) is 4.92. The molecule has 1 unspecified atom stereocenters. The highest BCUT2D eigenvalue weighted by Crippen LogP contribution is 2.33. The molecule has 2 aromatic carbocycles. The first-order valence-electron chi connectivity index (χ1n) is 8.23. The molecular formula is C19H23NO3S. The van der Waals surface area contributed by atoms with Crippen molar-refractivity contribution in [1.82, 2.24) is 4.72 Å². The highest BCUT2D eigenvalue weighted by Gasteiger charge is 2.23. The van der Waals surface area contributed by atoms with E-state index in [0.29, 0.717) is 11.4 Å². The average Bonchev–Trinajstić information content (AvgIpc) is 2.60. The van der Waals surface area contributed by atoms with Crippen molar-refractivity contribution in [1.29, 1.82) is 0 Å². The molecule has 0 radical (unpaired) electrons. The molecule has 128 valence electrons. The third-order valence-corrected chi connectivity index (χ3v) is 6.08. The number of methoxy groups -OCH3 is 1. The zero-order valence-electron chi connectivity index (χ0n) is 14.1. The minimum absolute atomic E-state index is 0.184. The minimum Gasteiger partial charge on any atom is -0.497 e. The number of hydrogen-bond acceptors (Lipinski definition) is 3. The van der Waals surface area contributed by atoms with Crippen molar-refractivity contribution in [2.24, 2.45) is 0 Å². The van der Waals surface area contributed by atoms with Gasteiger partial charge in [0.1, 0.15) is 5.75 Å². The van der Waals surface area contributed by atoms with Gasteiger partial charge in [0.25, 0.3) is 0 Å².